The number of thiophene rings is 1. The summed E-state index contributed by atoms with van der Waals surface area (Å²) in [6.45, 7) is 0. The molecule has 0 bridgehead atoms. The molecular formula is C26H21N3O3S. The van der Waals surface area contributed by atoms with Crippen molar-refractivity contribution < 1.29 is 14.4 Å². The van der Waals surface area contributed by atoms with Gasteiger partial charge in [0.2, 0.25) is 5.91 Å². The first-order valence-corrected chi connectivity index (χ1v) is 12.0. The van der Waals surface area contributed by atoms with E-state index in [0.29, 0.717) is 10.6 Å². The maximum Gasteiger partial charge on any atom is 0.267 e. The van der Waals surface area contributed by atoms with E-state index in [4.69, 9.17) is 4.84 Å². The second-order valence-electron chi connectivity index (χ2n) is 8.58. The van der Waals surface area contributed by atoms with E-state index in [-0.39, 0.29) is 11.8 Å². The molecule has 2 amide bonds. The summed E-state index contributed by atoms with van der Waals surface area (Å²) in [5.74, 6) is -1.38. The lowest BCUT2D eigenvalue weighted by Gasteiger charge is -2.28. The molecule has 6 rings (SSSR count). The first-order valence-electron chi connectivity index (χ1n) is 11.2. The number of imide groups is 1. The molecule has 3 aromatic rings. The predicted molar refractivity (Wildman–Crippen MR) is 125 cm³/mol. The molecule has 1 aliphatic carbocycles. The van der Waals surface area contributed by atoms with Crippen molar-refractivity contribution in [1.29, 1.82) is 5.26 Å². The summed E-state index contributed by atoms with van der Waals surface area (Å²) in [5.41, 5.74) is 3.18. The summed E-state index contributed by atoms with van der Waals surface area (Å²) < 4.78 is 0. The predicted octanol–water partition coefficient (Wildman–Crippen LogP) is 4.55. The molecule has 7 heteroatoms. The van der Waals surface area contributed by atoms with Gasteiger partial charge in [-0.2, -0.15) is 5.26 Å². The first kappa shape index (κ1) is 20.2. The van der Waals surface area contributed by atoms with Crippen LogP contribution in [0.5, 0.6) is 0 Å². The number of amides is 2. The minimum atomic E-state index is -0.923. The van der Waals surface area contributed by atoms with Gasteiger partial charge in [0.25, 0.3) is 5.91 Å². The van der Waals surface area contributed by atoms with E-state index < -0.39 is 18.1 Å². The Morgan fingerprint density at radius 1 is 0.939 bits per heavy atom. The average Bonchev–Trinajstić information content (AvgIpc) is 3.50. The number of aryl methyl sites for hydroxylation is 1. The number of nitriles is 1. The highest BCUT2D eigenvalue weighted by molar-refractivity contribution is 7.17. The fraction of sp³-hybridized carbons (Fsp3) is 0.269. The van der Waals surface area contributed by atoms with Crippen LogP contribution in [0.15, 0.2) is 60.7 Å². The first-order chi connectivity index (χ1) is 16.2. The molecule has 2 fully saturated rings. The molecule has 0 radical (unpaired) electrons. The molecule has 3 heterocycles. The highest BCUT2D eigenvalue weighted by Gasteiger charge is 2.61. The normalized spacial score (nSPS) is 24.0. The van der Waals surface area contributed by atoms with Crippen molar-refractivity contribution in [3.05, 3.63) is 82.2 Å². The van der Waals surface area contributed by atoms with Crippen LogP contribution in [0, 0.1) is 17.2 Å². The maximum absolute atomic E-state index is 13.8. The van der Waals surface area contributed by atoms with Crippen molar-refractivity contribution in [2.45, 2.75) is 37.8 Å². The number of hydrogen-bond donors (Lipinski definition) is 0. The van der Waals surface area contributed by atoms with E-state index in [9.17, 15) is 14.9 Å². The standard InChI is InChI=1S/C26H21N3O3S/c27-15-19-18-13-7-8-14-20(18)33-26(19)28-24(30)21-22(16-9-3-1-4-10-16)29(32-23(21)25(28)31)17-11-5-2-6-12-17/h1-6,9-12,21-23H,7-8,13-14H2/t21-,22+,23+/m1/s1. The Hall–Kier alpha value is -3.47. The van der Waals surface area contributed by atoms with Gasteiger partial charge >= 0.3 is 0 Å². The van der Waals surface area contributed by atoms with Crippen LogP contribution in [0.2, 0.25) is 0 Å². The molecule has 3 aliphatic rings. The highest BCUT2D eigenvalue weighted by Crippen LogP contribution is 2.50. The van der Waals surface area contributed by atoms with Gasteiger partial charge in [-0.1, -0.05) is 48.5 Å². The lowest BCUT2D eigenvalue weighted by molar-refractivity contribution is -0.126. The van der Waals surface area contributed by atoms with E-state index in [1.807, 2.05) is 60.7 Å². The second kappa shape index (κ2) is 7.84. The lowest BCUT2D eigenvalue weighted by Crippen LogP contribution is -2.37. The van der Waals surface area contributed by atoms with Crippen molar-refractivity contribution in [2.24, 2.45) is 5.92 Å². The van der Waals surface area contributed by atoms with Crippen LogP contribution in [0.3, 0.4) is 0 Å². The zero-order valence-corrected chi connectivity index (χ0v) is 18.6. The lowest BCUT2D eigenvalue weighted by atomic mass is 9.90. The summed E-state index contributed by atoms with van der Waals surface area (Å²) in [4.78, 5) is 36.0. The number of anilines is 2. The largest absolute Gasteiger partial charge is 0.273 e. The number of carbonyl (C=O) groups excluding carboxylic acids is 2. The molecular weight excluding hydrogens is 434 g/mol. The number of nitrogens with zero attached hydrogens (tertiary/aromatic N) is 3. The quantitative estimate of drug-likeness (QED) is 0.542. The molecule has 0 spiro atoms. The Balaban J connectivity index is 1.44. The smallest absolute Gasteiger partial charge is 0.267 e. The van der Waals surface area contributed by atoms with Gasteiger partial charge in [0.15, 0.2) is 6.10 Å². The second-order valence-corrected chi connectivity index (χ2v) is 9.67. The van der Waals surface area contributed by atoms with Crippen molar-refractivity contribution in [3.63, 3.8) is 0 Å². The van der Waals surface area contributed by atoms with Crippen LogP contribution in [0.25, 0.3) is 0 Å². The van der Waals surface area contributed by atoms with Crippen LogP contribution >= 0.6 is 11.3 Å². The zero-order chi connectivity index (χ0) is 22.5. The van der Waals surface area contributed by atoms with E-state index in [0.717, 1.165) is 47.4 Å². The van der Waals surface area contributed by atoms with Crippen LogP contribution in [0.4, 0.5) is 10.7 Å². The number of hydrogen-bond acceptors (Lipinski definition) is 6. The molecule has 2 saturated heterocycles. The van der Waals surface area contributed by atoms with Crippen molar-refractivity contribution in [3.8, 4) is 6.07 Å². The fourth-order valence-electron chi connectivity index (χ4n) is 5.23. The Bertz CT molecular complexity index is 1280. The maximum atomic E-state index is 13.8. The fourth-order valence-corrected chi connectivity index (χ4v) is 6.58. The van der Waals surface area contributed by atoms with E-state index in [1.54, 1.807) is 5.06 Å². The van der Waals surface area contributed by atoms with Crippen LogP contribution in [-0.2, 0) is 27.3 Å². The summed E-state index contributed by atoms with van der Waals surface area (Å²) in [7, 11) is 0. The summed E-state index contributed by atoms with van der Waals surface area (Å²) in [6.07, 6.45) is 2.88. The molecule has 2 aromatic carbocycles. The van der Waals surface area contributed by atoms with Gasteiger partial charge in [-0.3, -0.25) is 14.4 Å². The van der Waals surface area contributed by atoms with Gasteiger partial charge in [0.1, 0.15) is 17.0 Å². The molecule has 0 unspecified atom stereocenters. The number of fused-ring (bicyclic) bond motifs is 2. The van der Waals surface area contributed by atoms with Gasteiger partial charge in [-0.05, 0) is 48.9 Å². The molecule has 2 aliphatic heterocycles. The minimum absolute atomic E-state index is 0.299. The van der Waals surface area contributed by atoms with Crippen molar-refractivity contribution >= 4 is 33.8 Å². The van der Waals surface area contributed by atoms with Crippen molar-refractivity contribution in [2.75, 3.05) is 9.96 Å². The van der Waals surface area contributed by atoms with Gasteiger partial charge < -0.3 is 0 Å². The highest BCUT2D eigenvalue weighted by atomic mass is 32.1. The number of hydroxylamine groups is 1. The molecule has 1 aromatic heterocycles. The summed E-state index contributed by atoms with van der Waals surface area (Å²) in [6, 6.07) is 21.0. The third-order valence-corrected chi connectivity index (χ3v) is 8.01. The molecule has 3 atom stereocenters. The number of para-hydroxylation sites is 1. The molecule has 0 N–H and O–H groups in total. The zero-order valence-electron chi connectivity index (χ0n) is 17.8. The summed E-state index contributed by atoms with van der Waals surface area (Å²) >= 11 is 1.42. The van der Waals surface area contributed by atoms with Gasteiger partial charge in [0.05, 0.1) is 17.3 Å². The van der Waals surface area contributed by atoms with E-state index in [1.165, 1.54) is 16.2 Å². The number of carbonyl (C=O) groups is 2. The van der Waals surface area contributed by atoms with Gasteiger partial charge in [-0.25, -0.2) is 9.96 Å². The Morgan fingerprint density at radius 3 is 2.36 bits per heavy atom. The van der Waals surface area contributed by atoms with Gasteiger partial charge in [-0.15, -0.1) is 11.3 Å². The molecule has 6 nitrogen and oxygen atoms in total. The number of rotatable bonds is 3. The third-order valence-electron chi connectivity index (χ3n) is 6.73. The van der Waals surface area contributed by atoms with Gasteiger partial charge in [0, 0.05) is 4.88 Å². The number of benzene rings is 2. The van der Waals surface area contributed by atoms with E-state index >= 15 is 0 Å². The minimum Gasteiger partial charge on any atom is -0.273 e. The third kappa shape index (κ3) is 3.02. The Labute approximate surface area is 195 Å². The average molecular weight is 456 g/mol. The van der Waals surface area contributed by atoms with Crippen LogP contribution in [0.1, 0.15) is 40.5 Å². The molecule has 164 valence electrons. The summed E-state index contributed by atoms with van der Waals surface area (Å²) in [5, 5.41) is 12.1. The molecule has 33 heavy (non-hydrogen) atoms. The Kier molecular flexibility index (Phi) is 4.79. The van der Waals surface area contributed by atoms with Crippen LogP contribution < -0.4 is 9.96 Å². The SMILES string of the molecule is N#Cc1c(N2C(=O)[C@H]3[C@H](ON(c4ccccc4)[C@H]3c3ccccc3)C2=O)sc2c1CCCC2. The topological polar surface area (TPSA) is 73.6 Å². The monoisotopic (exact) mass is 455 g/mol. The van der Waals surface area contributed by atoms with Crippen LogP contribution in [-0.4, -0.2) is 17.9 Å². The molecule has 0 saturated carbocycles. The van der Waals surface area contributed by atoms with Crippen molar-refractivity contribution in [1.82, 2.24) is 0 Å². The van der Waals surface area contributed by atoms with E-state index in [2.05, 4.69) is 6.07 Å². The Morgan fingerprint density at radius 2 is 1.64 bits per heavy atom.